The van der Waals surface area contributed by atoms with E-state index >= 15 is 0 Å². The quantitative estimate of drug-likeness (QED) is 0.743. The van der Waals surface area contributed by atoms with E-state index in [1.54, 1.807) is 12.1 Å². The number of hydrogen-bond acceptors (Lipinski definition) is 5. The fourth-order valence-corrected chi connectivity index (χ4v) is 2.42. The van der Waals surface area contributed by atoms with Gasteiger partial charge in [-0.1, -0.05) is 19.1 Å². The zero-order valence-electron chi connectivity index (χ0n) is 15.6. The standard InChI is InChI=1S/C20H25NO5/c1-5-10-26-16-8-6-14(7-9-16)13-21-20(22)15-11-17(23-2)19(25-4)18(12-15)24-3/h6-9,11-12H,5,10,13H2,1-4H3,(H,21,22). The maximum Gasteiger partial charge on any atom is 0.251 e. The van der Waals surface area contributed by atoms with Crippen LogP contribution in [0.3, 0.4) is 0 Å². The molecule has 0 atom stereocenters. The maximum atomic E-state index is 12.5. The van der Waals surface area contributed by atoms with Gasteiger partial charge in [0.25, 0.3) is 5.91 Å². The van der Waals surface area contributed by atoms with Crippen molar-refractivity contribution in [1.82, 2.24) is 5.32 Å². The van der Waals surface area contributed by atoms with E-state index in [2.05, 4.69) is 12.2 Å². The smallest absolute Gasteiger partial charge is 0.251 e. The number of ether oxygens (including phenoxy) is 4. The van der Waals surface area contributed by atoms with Crippen molar-refractivity contribution in [2.45, 2.75) is 19.9 Å². The number of rotatable bonds is 9. The second kappa shape index (κ2) is 9.56. The van der Waals surface area contributed by atoms with Gasteiger partial charge in [0, 0.05) is 12.1 Å². The van der Waals surface area contributed by atoms with Crippen molar-refractivity contribution in [3.63, 3.8) is 0 Å². The number of nitrogens with one attached hydrogen (secondary N) is 1. The highest BCUT2D eigenvalue weighted by molar-refractivity contribution is 5.95. The van der Waals surface area contributed by atoms with Crippen molar-refractivity contribution in [3.8, 4) is 23.0 Å². The lowest BCUT2D eigenvalue weighted by atomic mass is 10.1. The van der Waals surface area contributed by atoms with Crippen LogP contribution in [-0.2, 0) is 6.54 Å². The van der Waals surface area contributed by atoms with Crippen LogP contribution in [0.4, 0.5) is 0 Å². The Hall–Kier alpha value is -2.89. The first-order valence-electron chi connectivity index (χ1n) is 8.42. The lowest BCUT2D eigenvalue weighted by molar-refractivity contribution is 0.0950. The van der Waals surface area contributed by atoms with Crippen molar-refractivity contribution in [2.75, 3.05) is 27.9 Å². The van der Waals surface area contributed by atoms with Gasteiger partial charge in [0.05, 0.1) is 27.9 Å². The molecule has 2 aromatic rings. The third-order valence-corrected chi connectivity index (χ3v) is 3.78. The molecule has 2 aromatic carbocycles. The first kappa shape index (κ1) is 19.4. The first-order valence-corrected chi connectivity index (χ1v) is 8.42. The highest BCUT2D eigenvalue weighted by Crippen LogP contribution is 2.38. The zero-order valence-corrected chi connectivity index (χ0v) is 15.6. The third-order valence-electron chi connectivity index (χ3n) is 3.78. The van der Waals surface area contributed by atoms with E-state index in [1.165, 1.54) is 21.3 Å². The van der Waals surface area contributed by atoms with Crippen LogP contribution < -0.4 is 24.3 Å². The van der Waals surface area contributed by atoms with E-state index in [-0.39, 0.29) is 5.91 Å². The molecule has 0 bridgehead atoms. The second-order valence-electron chi connectivity index (χ2n) is 5.59. The maximum absolute atomic E-state index is 12.5. The fourth-order valence-electron chi connectivity index (χ4n) is 2.42. The molecule has 140 valence electrons. The summed E-state index contributed by atoms with van der Waals surface area (Å²) in [6, 6.07) is 10.9. The molecule has 0 radical (unpaired) electrons. The molecule has 0 aliphatic rings. The largest absolute Gasteiger partial charge is 0.494 e. The molecular formula is C20H25NO5. The van der Waals surface area contributed by atoms with Gasteiger partial charge in [-0.2, -0.15) is 0 Å². The topological polar surface area (TPSA) is 66.0 Å². The van der Waals surface area contributed by atoms with E-state index in [1.807, 2.05) is 24.3 Å². The molecule has 1 amide bonds. The molecular weight excluding hydrogens is 334 g/mol. The van der Waals surface area contributed by atoms with Gasteiger partial charge in [-0.25, -0.2) is 0 Å². The monoisotopic (exact) mass is 359 g/mol. The lowest BCUT2D eigenvalue weighted by Gasteiger charge is -2.14. The van der Waals surface area contributed by atoms with Crippen molar-refractivity contribution in [3.05, 3.63) is 47.5 Å². The van der Waals surface area contributed by atoms with Crippen molar-refractivity contribution in [1.29, 1.82) is 0 Å². The van der Waals surface area contributed by atoms with Crippen LogP contribution in [0.15, 0.2) is 36.4 Å². The number of amides is 1. The van der Waals surface area contributed by atoms with E-state index in [9.17, 15) is 4.79 Å². The summed E-state index contributed by atoms with van der Waals surface area (Å²) in [6.45, 7) is 3.16. The molecule has 6 heteroatoms. The van der Waals surface area contributed by atoms with Crippen molar-refractivity contribution in [2.24, 2.45) is 0 Å². The SMILES string of the molecule is CCCOc1ccc(CNC(=O)c2cc(OC)c(OC)c(OC)c2)cc1. The summed E-state index contributed by atoms with van der Waals surface area (Å²) in [4.78, 5) is 12.5. The van der Waals surface area contributed by atoms with Gasteiger partial charge in [-0.05, 0) is 36.2 Å². The minimum atomic E-state index is -0.226. The first-order chi connectivity index (χ1) is 12.6. The molecule has 0 spiro atoms. The summed E-state index contributed by atoms with van der Waals surface area (Å²) < 4.78 is 21.4. The second-order valence-corrected chi connectivity index (χ2v) is 5.59. The van der Waals surface area contributed by atoms with Gasteiger partial charge in [0.15, 0.2) is 11.5 Å². The Morgan fingerprint density at radius 2 is 1.58 bits per heavy atom. The molecule has 0 saturated carbocycles. The lowest BCUT2D eigenvalue weighted by Crippen LogP contribution is -2.23. The van der Waals surface area contributed by atoms with Crippen LogP contribution in [0.2, 0.25) is 0 Å². The number of carbonyl (C=O) groups is 1. The highest BCUT2D eigenvalue weighted by atomic mass is 16.5. The normalized spacial score (nSPS) is 10.2. The van der Waals surface area contributed by atoms with Gasteiger partial charge in [-0.15, -0.1) is 0 Å². The Morgan fingerprint density at radius 3 is 2.08 bits per heavy atom. The predicted molar refractivity (Wildman–Crippen MR) is 99.5 cm³/mol. The summed E-state index contributed by atoms with van der Waals surface area (Å²) in [5.41, 5.74) is 1.41. The number of benzene rings is 2. The average Bonchev–Trinajstić information content (AvgIpc) is 2.69. The van der Waals surface area contributed by atoms with E-state index in [0.717, 1.165) is 17.7 Å². The summed E-state index contributed by atoms with van der Waals surface area (Å²) in [6.07, 6.45) is 0.965. The Morgan fingerprint density at radius 1 is 0.962 bits per heavy atom. The number of carbonyl (C=O) groups excluding carboxylic acids is 1. The molecule has 26 heavy (non-hydrogen) atoms. The van der Waals surface area contributed by atoms with Gasteiger partial charge >= 0.3 is 0 Å². The van der Waals surface area contributed by atoms with Gasteiger partial charge in [-0.3, -0.25) is 4.79 Å². The van der Waals surface area contributed by atoms with Crippen molar-refractivity contribution >= 4 is 5.91 Å². The Balaban J connectivity index is 2.05. The molecule has 1 N–H and O–H groups in total. The van der Waals surface area contributed by atoms with E-state index in [0.29, 0.717) is 36.0 Å². The molecule has 0 aliphatic carbocycles. The van der Waals surface area contributed by atoms with Crippen LogP contribution in [0.5, 0.6) is 23.0 Å². The Labute approximate surface area is 154 Å². The third kappa shape index (κ3) is 4.81. The summed E-state index contributed by atoms with van der Waals surface area (Å²) >= 11 is 0. The summed E-state index contributed by atoms with van der Waals surface area (Å²) in [7, 11) is 4.55. The van der Waals surface area contributed by atoms with E-state index in [4.69, 9.17) is 18.9 Å². The van der Waals surface area contributed by atoms with Crippen molar-refractivity contribution < 1.29 is 23.7 Å². The van der Waals surface area contributed by atoms with Crippen LogP contribution >= 0.6 is 0 Å². The summed E-state index contributed by atoms with van der Waals surface area (Å²) in [5.74, 6) is 1.93. The van der Waals surface area contributed by atoms with Gasteiger partial charge < -0.3 is 24.3 Å². The average molecular weight is 359 g/mol. The predicted octanol–water partition coefficient (Wildman–Crippen LogP) is 3.43. The minimum Gasteiger partial charge on any atom is -0.494 e. The summed E-state index contributed by atoms with van der Waals surface area (Å²) in [5, 5.41) is 2.89. The molecule has 0 fully saturated rings. The van der Waals surface area contributed by atoms with Crippen LogP contribution in [0.25, 0.3) is 0 Å². The van der Waals surface area contributed by atoms with Gasteiger partial charge in [0.1, 0.15) is 5.75 Å². The Bertz CT molecular complexity index is 702. The fraction of sp³-hybridized carbons (Fsp3) is 0.350. The number of hydrogen-bond donors (Lipinski definition) is 1. The van der Waals surface area contributed by atoms with Gasteiger partial charge in [0.2, 0.25) is 5.75 Å². The van der Waals surface area contributed by atoms with Crippen LogP contribution in [0.1, 0.15) is 29.3 Å². The minimum absolute atomic E-state index is 0.226. The zero-order chi connectivity index (χ0) is 18.9. The number of methoxy groups -OCH3 is 3. The highest BCUT2D eigenvalue weighted by Gasteiger charge is 2.16. The molecule has 0 heterocycles. The molecule has 0 aromatic heterocycles. The molecule has 6 nitrogen and oxygen atoms in total. The molecule has 2 rings (SSSR count). The van der Waals surface area contributed by atoms with Crippen LogP contribution in [-0.4, -0.2) is 33.8 Å². The van der Waals surface area contributed by atoms with E-state index < -0.39 is 0 Å². The Kier molecular flexibility index (Phi) is 7.14. The molecule has 0 aliphatic heterocycles. The molecule has 0 unspecified atom stereocenters. The van der Waals surface area contributed by atoms with Crippen LogP contribution in [0, 0.1) is 0 Å². The molecule has 0 saturated heterocycles.